The van der Waals surface area contributed by atoms with E-state index in [-0.39, 0.29) is 0 Å². The minimum Gasteiger partial charge on any atom is -0.508 e. The number of rotatable bonds is 4. The van der Waals surface area contributed by atoms with Gasteiger partial charge in [-0.25, -0.2) is 0 Å². The van der Waals surface area contributed by atoms with Crippen LogP contribution >= 0.6 is 0 Å². The van der Waals surface area contributed by atoms with Crippen LogP contribution in [-0.2, 0) is 0 Å². The van der Waals surface area contributed by atoms with Crippen molar-refractivity contribution in [2.24, 2.45) is 0 Å². The first-order valence-corrected chi connectivity index (χ1v) is 4.90. The topological polar surface area (TPSA) is 20.2 Å². The highest BCUT2D eigenvalue weighted by Gasteiger charge is 2.06. The lowest BCUT2D eigenvalue weighted by Gasteiger charge is -2.10. The Morgan fingerprint density at radius 3 is 2.15 bits per heavy atom. The van der Waals surface area contributed by atoms with Gasteiger partial charge in [-0.15, -0.1) is 0 Å². The molecule has 0 unspecified atom stereocenters. The second-order valence-electron chi connectivity index (χ2n) is 3.33. The quantitative estimate of drug-likeness (QED) is 0.696. The van der Waals surface area contributed by atoms with Crippen LogP contribution in [0.4, 0.5) is 0 Å². The summed E-state index contributed by atoms with van der Waals surface area (Å²) in [6.07, 6.45) is 2.36. The van der Waals surface area contributed by atoms with Crippen LogP contribution in [-0.4, -0.2) is 12.4 Å². The van der Waals surface area contributed by atoms with E-state index in [0.29, 0.717) is 11.6 Å². The predicted octanol–water partition coefficient (Wildman–Crippen LogP) is 2.33. The van der Waals surface area contributed by atoms with Gasteiger partial charge in [-0.2, -0.15) is 0 Å². The maximum atomic E-state index is 9.09. The molecule has 1 aromatic rings. The van der Waals surface area contributed by atoms with Crippen LogP contribution in [0.25, 0.3) is 0 Å². The Labute approximate surface area is 81.0 Å². The average Bonchev–Trinajstić information content (AvgIpc) is 2.17. The van der Waals surface area contributed by atoms with Gasteiger partial charge in [0.25, 0.3) is 0 Å². The van der Waals surface area contributed by atoms with E-state index < -0.39 is 0 Å². The Balaban J connectivity index is 2.58. The van der Waals surface area contributed by atoms with Crippen molar-refractivity contribution in [2.75, 3.05) is 0 Å². The third kappa shape index (κ3) is 3.13. The third-order valence-electron chi connectivity index (χ3n) is 2.37. The number of hydrogen-bond donors (Lipinski definition) is 1. The summed E-state index contributed by atoms with van der Waals surface area (Å²) in [4.78, 5) is 0. The Kier molecular flexibility index (Phi) is 3.87. The molecule has 0 heterocycles. The Morgan fingerprint density at radius 2 is 1.69 bits per heavy atom. The third-order valence-corrected chi connectivity index (χ3v) is 2.37. The monoisotopic (exact) mass is 175 g/mol. The highest BCUT2D eigenvalue weighted by atomic mass is 16.3. The first kappa shape index (κ1) is 10.2. The van der Waals surface area contributed by atoms with Gasteiger partial charge >= 0.3 is 0 Å². The van der Waals surface area contributed by atoms with Crippen molar-refractivity contribution in [1.29, 1.82) is 0 Å². The summed E-state index contributed by atoms with van der Waals surface area (Å²) < 4.78 is 0. The molecule has 0 aliphatic heterocycles. The zero-order valence-electron chi connectivity index (χ0n) is 8.33. The second-order valence-corrected chi connectivity index (χ2v) is 3.33. The van der Waals surface area contributed by atoms with E-state index in [9.17, 15) is 0 Å². The molecule has 0 atom stereocenters. The molecule has 1 nitrogen and oxygen atoms in total. The first-order valence-electron chi connectivity index (χ1n) is 4.90. The van der Waals surface area contributed by atoms with Crippen molar-refractivity contribution in [3.05, 3.63) is 24.3 Å². The standard InChI is InChI=1S/C11H16BO/c1-3-9(4-2)12-10-5-7-11(13)8-6-10/h5-9,13H,3-4H2,1-2H3. The summed E-state index contributed by atoms with van der Waals surface area (Å²) in [6.45, 7) is 4.40. The van der Waals surface area contributed by atoms with Crippen molar-refractivity contribution in [3.8, 4) is 5.75 Å². The Bertz CT molecular complexity index is 239. The van der Waals surface area contributed by atoms with Gasteiger partial charge in [-0.3, -0.25) is 0 Å². The Hall–Kier alpha value is -0.915. The summed E-state index contributed by atoms with van der Waals surface area (Å²) in [5.41, 5.74) is 1.20. The van der Waals surface area contributed by atoms with Gasteiger partial charge in [0.15, 0.2) is 7.28 Å². The van der Waals surface area contributed by atoms with Crippen molar-refractivity contribution in [3.63, 3.8) is 0 Å². The van der Waals surface area contributed by atoms with Gasteiger partial charge in [0, 0.05) is 0 Å². The minimum absolute atomic E-state index is 0.335. The molecule has 13 heavy (non-hydrogen) atoms. The smallest absolute Gasteiger partial charge is 0.154 e. The summed E-state index contributed by atoms with van der Waals surface area (Å²) in [5.74, 6) is 0.992. The summed E-state index contributed by atoms with van der Waals surface area (Å²) in [7, 11) is 2.26. The van der Waals surface area contributed by atoms with E-state index in [2.05, 4.69) is 21.1 Å². The van der Waals surface area contributed by atoms with Gasteiger partial charge < -0.3 is 5.11 Å². The van der Waals surface area contributed by atoms with Gasteiger partial charge in [-0.05, 0) is 12.1 Å². The molecule has 0 spiro atoms. The molecule has 2 heteroatoms. The molecule has 0 aliphatic carbocycles. The van der Waals surface area contributed by atoms with Crippen LogP contribution in [0.5, 0.6) is 5.75 Å². The maximum absolute atomic E-state index is 9.09. The first-order chi connectivity index (χ1) is 6.26. The van der Waals surface area contributed by atoms with Gasteiger partial charge in [0.2, 0.25) is 0 Å². The van der Waals surface area contributed by atoms with Crippen molar-refractivity contribution in [2.45, 2.75) is 32.5 Å². The number of aromatic hydroxyl groups is 1. The van der Waals surface area contributed by atoms with E-state index in [4.69, 9.17) is 5.11 Å². The van der Waals surface area contributed by atoms with E-state index >= 15 is 0 Å². The van der Waals surface area contributed by atoms with Crippen LogP contribution in [0.15, 0.2) is 24.3 Å². The highest BCUT2D eigenvalue weighted by molar-refractivity contribution is 6.54. The number of hydrogen-bond acceptors (Lipinski definition) is 1. The minimum atomic E-state index is 0.335. The number of benzene rings is 1. The molecule has 0 amide bonds. The fourth-order valence-electron chi connectivity index (χ4n) is 1.38. The van der Waals surface area contributed by atoms with E-state index in [1.807, 2.05) is 12.1 Å². The summed E-state index contributed by atoms with van der Waals surface area (Å²) >= 11 is 0. The molecule has 69 valence electrons. The zero-order chi connectivity index (χ0) is 9.68. The van der Waals surface area contributed by atoms with Crippen LogP contribution in [0, 0.1) is 0 Å². The molecule has 1 rings (SSSR count). The highest BCUT2D eigenvalue weighted by Crippen LogP contribution is 2.13. The Morgan fingerprint density at radius 1 is 1.15 bits per heavy atom. The molecular weight excluding hydrogens is 159 g/mol. The number of phenols is 1. The maximum Gasteiger partial charge on any atom is 0.154 e. The largest absolute Gasteiger partial charge is 0.508 e. The lowest BCUT2D eigenvalue weighted by atomic mass is 9.57. The normalized spacial score (nSPS) is 10.4. The lowest BCUT2D eigenvalue weighted by Crippen LogP contribution is -2.18. The van der Waals surface area contributed by atoms with Crippen LogP contribution in [0.2, 0.25) is 5.82 Å². The molecule has 0 fully saturated rings. The van der Waals surface area contributed by atoms with Crippen LogP contribution < -0.4 is 5.46 Å². The van der Waals surface area contributed by atoms with Gasteiger partial charge in [0.1, 0.15) is 5.75 Å². The summed E-state index contributed by atoms with van der Waals surface area (Å²) in [6, 6.07) is 7.36. The molecule has 1 aromatic carbocycles. The van der Waals surface area contributed by atoms with Gasteiger partial charge in [-0.1, -0.05) is 50.1 Å². The zero-order valence-corrected chi connectivity index (χ0v) is 8.33. The lowest BCUT2D eigenvalue weighted by molar-refractivity contribution is 0.475. The van der Waals surface area contributed by atoms with Crippen molar-refractivity contribution in [1.82, 2.24) is 0 Å². The van der Waals surface area contributed by atoms with E-state index in [1.54, 1.807) is 12.1 Å². The van der Waals surface area contributed by atoms with Crippen LogP contribution in [0.1, 0.15) is 26.7 Å². The number of phenolic OH excluding ortho intramolecular Hbond substituents is 1. The summed E-state index contributed by atoms with van der Waals surface area (Å²) in [5, 5.41) is 9.09. The predicted molar refractivity (Wildman–Crippen MR) is 57.8 cm³/mol. The molecule has 0 saturated heterocycles. The van der Waals surface area contributed by atoms with Crippen molar-refractivity contribution < 1.29 is 5.11 Å². The molecule has 1 radical (unpaired) electrons. The van der Waals surface area contributed by atoms with E-state index in [0.717, 1.165) is 0 Å². The molecule has 0 aliphatic rings. The molecule has 1 N–H and O–H groups in total. The van der Waals surface area contributed by atoms with Crippen molar-refractivity contribution >= 4 is 12.7 Å². The molecular formula is C11H16BO. The molecule has 0 bridgehead atoms. The molecule has 0 saturated carbocycles. The second kappa shape index (κ2) is 4.95. The van der Waals surface area contributed by atoms with E-state index in [1.165, 1.54) is 18.3 Å². The fraction of sp³-hybridized carbons (Fsp3) is 0.455. The average molecular weight is 175 g/mol. The van der Waals surface area contributed by atoms with Crippen LogP contribution in [0.3, 0.4) is 0 Å². The SMILES string of the molecule is CCC([B]c1ccc(O)cc1)CC. The fourth-order valence-corrected chi connectivity index (χ4v) is 1.38. The molecule has 0 aromatic heterocycles. The van der Waals surface area contributed by atoms with Gasteiger partial charge in [0.05, 0.1) is 0 Å².